The van der Waals surface area contributed by atoms with Gasteiger partial charge in [0.25, 0.3) is 0 Å². The van der Waals surface area contributed by atoms with Crippen molar-refractivity contribution in [1.29, 1.82) is 0 Å². The van der Waals surface area contributed by atoms with Crippen LogP contribution in [0.5, 0.6) is 0 Å². The Labute approximate surface area is 120 Å². The summed E-state index contributed by atoms with van der Waals surface area (Å²) >= 11 is 0. The van der Waals surface area contributed by atoms with E-state index in [2.05, 4.69) is 24.1 Å². The third-order valence-electron chi connectivity index (χ3n) is 2.88. The minimum Gasteiger partial charge on any atom is -0.366 e. The maximum absolute atomic E-state index is 12.0. The normalized spacial score (nSPS) is 10.6. The van der Waals surface area contributed by atoms with Gasteiger partial charge < -0.3 is 11.1 Å². The van der Waals surface area contributed by atoms with Gasteiger partial charge >= 0.3 is 0 Å². The lowest BCUT2D eigenvalue weighted by Gasteiger charge is -2.20. The molecule has 0 bridgehead atoms. The van der Waals surface area contributed by atoms with Gasteiger partial charge in [-0.3, -0.25) is 14.5 Å². The zero-order valence-corrected chi connectivity index (χ0v) is 12.2. The Morgan fingerprint density at radius 1 is 1.20 bits per heavy atom. The van der Waals surface area contributed by atoms with Crippen LogP contribution in [-0.4, -0.2) is 36.3 Å². The van der Waals surface area contributed by atoms with Gasteiger partial charge in [0, 0.05) is 11.3 Å². The van der Waals surface area contributed by atoms with Crippen molar-refractivity contribution in [2.24, 2.45) is 5.73 Å². The van der Waals surface area contributed by atoms with Crippen LogP contribution in [0.4, 0.5) is 5.69 Å². The predicted octanol–water partition coefficient (Wildman–Crippen LogP) is 1.85. The zero-order valence-electron chi connectivity index (χ0n) is 12.2. The van der Waals surface area contributed by atoms with Gasteiger partial charge in [0.2, 0.25) is 11.8 Å². The summed E-state index contributed by atoms with van der Waals surface area (Å²) in [5, 5.41) is 2.80. The highest BCUT2D eigenvalue weighted by Gasteiger charge is 2.10. The fourth-order valence-electron chi connectivity index (χ4n) is 2.06. The summed E-state index contributed by atoms with van der Waals surface area (Å²) < 4.78 is 0. The molecule has 0 fully saturated rings. The molecule has 0 aliphatic rings. The molecule has 3 N–H and O–H groups in total. The lowest BCUT2D eigenvalue weighted by molar-refractivity contribution is -0.117. The average Bonchev–Trinajstić information content (AvgIpc) is 2.39. The van der Waals surface area contributed by atoms with Crippen LogP contribution in [0.15, 0.2) is 24.3 Å². The number of anilines is 1. The highest BCUT2D eigenvalue weighted by molar-refractivity contribution is 5.96. The fraction of sp³-hybridized carbons (Fsp3) is 0.467. The Kier molecular flexibility index (Phi) is 6.73. The SMILES string of the molecule is CCCN(CCC)CC(=O)Nc1cccc(C(N)=O)c1. The van der Waals surface area contributed by atoms with Crippen molar-refractivity contribution in [2.75, 3.05) is 25.0 Å². The topological polar surface area (TPSA) is 75.4 Å². The Bertz CT molecular complexity index is 454. The summed E-state index contributed by atoms with van der Waals surface area (Å²) in [6.45, 7) is 6.36. The van der Waals surface area contributed by atoms with Crippen LogP contribution in [-0.2, 0) is 4.79 Å². The van der Waals surface area contributed by atoms with E-state index in [0.29, 0.717) is 17.8 Å². The molecule has 0 radical (unpaired) electrons. The Balaban J connectivity index is 2.60. The molecule has 5 heteroatoms. The molecule has 20 heavy (non-hydrogen) atoms. The smallest absolute Gasteiger partial charge is 0.248 e. The van der Waals surface area contributed by atoms with E-state index in [1.807, 2.05) is 0 Å². The molecule has 1 aromatic rings. The van der Waals surface area contributed by atoms with E-state index >= 15 is 0 Å². The van der Waals surface area contributed by atoms with Crippen LogP contribution >= 0.6 is 0 Å². The van der Waals surface area contributed by atoms with E-state index in [1.165, 1.54) is 0 Å². The number of hydrogen-bond acceptors (Lipinski definition) is 3. The minimum atomic E-state index is -0.500. The Hall–Kier alpha value is -1.88. The number of hydrogen-bond donors (Lipinski definition) is 2. The van der Waals surface area contributed by atoms with E-state index < -0.39 is 5.91 Å². The summed E-state index contributed by atoms with van der Waals surface area (Å²) in [5.74, 6) is -0.576. The van der Waals surface area contributed by atoms with Gasteiger partial charge in [-0.25, -0.2) is 0 Å². The molecule has 0 saturated carbocycles. The summed E-state index contributed by atoms with van der Waals surface area (Å²) in [6.07, 6.45) is 2.04. The molecule has 110 valence electrons. The first-order chi connectivity index (χ1) is 9.56. The molecule has 0 aliphatic heterocycles. The third-order valence-corrected chi connectivity index (χ3v) is 2.88. The van der Waals surface area contributed by atoms with Crippen molar-refractivity contribution < 1.29 is 9.59 Å². The molecule has 0 aliphatic carbocycles. The number of rotatable bonds is 8. The van der Waals surface area contributed by atoms with Crippen molar-refractivity contribution in [1.82, 2.24) is 4.90 Å². The number of nitrogens with one attached hydrogen (secondary N) is 1. The van der Waals surface area contributed by atoms with Gasteiger partial charge in [-0.1, -0.05) is 19.9 Å². The van der Waals surface area contributed by atoms with Crippen LogP contribution < -0.4 is 11.1 Å². The van der Waals surface area contributed by atoms with E-state index in [9.17, 15) is 9.59 Å². The molecule has 0 unspecified atom stereocenters. The summed E-state index contributed by atoms with van der Waals surface area (Å²) in [7, 11) is 0. The van der Waals surface area contributed by atoms with Crippen molar-refractivity contribution in [3.8, 4) is 0 Å². The van der Waals surface area contributed by atoms with Crippen LogP contribution in [0.2, 0.25) is 0 Å². The Morgan fingerprint density at radius 3 is 2.40 bits per heavy atom. The first kappa shape index (κ1) is 16.2. The van der Waals surface area contributed by atoms with Crippen molar-refractivity contribution in [2.45, 2.75) is 26.7 Å². The van der Waals surface area contributed by atoms with Gasteiger partial charge in [0.05, 0.1) is 6.54 Å². The molecule has 0 saturated heterocycles. The van der Waals surface area contributed by atoms with E-state index in [0.717, 1.165) is 25.9 Å². The predicted molar refractivity (Wildman–Crippen MR) is 80.6 cm³/mol. The molecule has 1 aromatic carbocycles. The van der Waals surface area contributed by atoms with Crippen molar-refractivity contribution in [3.05, 3.63) is 29.8 Å². The number of carbonyl (C=O) groups excluding carboxylic acids is 2. The molecular weight excluding hydrogens is 254 g/mol. The number of primary amides is 1. The molecule has 0 aromatic heterocycles. The Morgan fingerprint density at radius 2 is 1.85 bits per heavy atom. The molecule has 0 atom stereocenters. The van der Waals surface area contributed by atoms with Crippen LogP contribution in [0.3, 0.4) is 0 Å². The monoisotopic (exact) mass is 277 g/mol. The fourth-order valence-corrected chi connectivity index (χ4v) is 2.06. The quantitative estimate of drug-likeness (QED) is 0.761. The van der Waals surface area contributed by atoms with Gasteiger partial charge in [0.15, 0.2) is 0 Å². The largest absolute Gasteiger partial charge is 0.366 e. The molecule has 0 spiro atoms. The lowest BCUT2D eigenvalue weighted by atomic mass is 10.2. The summed E-state index contributed by atoms with van der Waals surface area (Å²) in [4.78, 5) is 25.2. The molecule has 2 amide bonds. The first-order valence-corrected chi connectivity index (χ1v) is 6.98. The van der Waals surface area contributed by atoms with E-state index in [4.69, 9.17) is 5.73 Å². The second-order valence-corrected chi connectivity index (χ2v) is 4.77. The van der Waals surface area contributed by atoms with Crippen molar-refractivity contribution in [3.63, 3.8) is 0 Å². The van der Waals surface area contributed by atoms with Gasteiger partial charge in [0.1, 0.15) is 0 Å². The number of carbonyl (C=O) groups is 2. The van der Waals surface area contributed by atoms with E-state index in [1.54, 1.807) is 24.3 Å². The van der Waals surface area contributed by atoms with Crippen molar-refractivity contribution >= 4 is 17.5 Å². The highest BCUT2D eigenvalue weighted by atomic mass is 16.2. The molecule has 1 rings (SSSR count). The highest BCUT2D eigenvalue weighted by Crippen LogP contribution is 2.10. The van der Waals surface area contributed by atoms with Gasteiger partial charge in [-0.05, 0) is 44.1 Å². The van der Waals surface area contributed by atoms with Gasteiger partial charge in [-0.2, -0.15) is 0 Å². The summed E-state index contributed by atoms with van der Waals surface area (Å²) in [5.41, 5.74) is 6.20. The second-order valence-electron chi connectivity index (χ2n) is 4.77. The summed E-state index contributed by atoms with van der Waals surface area (Å²) in [6, 6.07) is 6.66. The maximum Gasteiger partial charge on any atom is 0.248 e. The number of nitrogens with two attached hydrogens (primary N) is 1. The van der Waals surface area contributed by atoms with Gasteiger partial charge in [-0.15, -0.1) is 0 Å². The zero-order chi connectivity index (χ0) is 15.0. The van der Waals surface area contributed by atoms with Crippen LogP contribution in [0.25, 0.3) is 0 Å². The maximum atomic E-state index is 12.0. The minimum absolute atomic E-state index is 0.0754. The average molecular weight is 277 g/mol. The number of benzene rings is 1. The molecular formula is C15H23N3O2. The van der Waals surface area contributed by atoms with Crippen LogP contribution in [0.1, 0.15) is 37.0 Å². The molecule has 5 nitrogen and oxygen atoms in total. The molecule has 0 heterocycles. The van der Waals surface area contributed by atoms with E-state index in [-0.39, 0.29) is 5.91 Å². The van der Waals surface area contributed by atoms with Crippen LogP contribution in [0, 0.1) is 0 Å². The standard InChI is InChI=1S/C15H23N3O2/c1-3-8-18(9-4-2)11-14(19)17-13-7-5-6-12(10-13)15(16)20/h5-7,10H,3-4,8-9,11H2,1-2H3,(H2,16,20)(H,17,19). The third kappa shape index (κ3) is 5.40. The lowest BCUT2D eigenvalue weighted by Crippen LogP contribution is -2.34. The number of nitrogens with zero attached hydrogens (tertiary/aromatic N) is 1. The first-order valence-electron chi connectivity index (χ1n) is 6.98. The second kappa shape index (κ2) is 8.32. The number of amides is 2.